The number of likely N-dealkylation sites (tertiary alicyclic amines) is 2. The third kappa shape index (κ3) is 2.38. The van der Waals surface area contributed by atoms with Crippen LogP contribution in [0.3, 0.4) is 0 Å². The summed E-state index contributed by atoms with van der Waals surface area (Å²) in [7, 11) is 0. The summed E-state index contributed by atoms with van der Waals surface area (Å²) in [6, 6.07) is 0.631. The van der Waals surface area contributed by atoms with Crippen LogP contribution in [-0.4, -0.2) is 52.1 Å². The molecule has 0 bridgehead atoms. The van der Waals surface area contributed by atoms with Crippen LogP contribution in [0.5, 0.6) is 0 Å². The van der Waals surface area contributed by atoms with Gasteiger partial charge in [-0.1, -0.05) is 13.8 Å². The second-order valence-electron chi connectivity index (χ2n) is 6.29. The Morgan fingerprint density at radius 1 is 1.30 bits per heavy atom. The minimum Gasteiger partial charge on any atom is -0.481 e. The fourth-order valence-corrected chi connectivity index (χ4v) is 3.63. The molecule has 0 aromatic heterocycles. The molecule has 2 heterocycles. The number of hydrogen-bond acceptors (Lipinski definition) is 2. The lowest BCUT2D eigenvalue weighted by Gasteiger charge is -2.33. The van der Waals surface area contributed by atoms with Crippen molar-refractivity contribution in [1.29, 1.82) is 0 Å². The van der Waals surface area contributed by atoms with Gasteiger partial charge in [-0.2, -0.15) is 0 Å². The molecule has 0 aromatic rings. The minimum absolute atomic E-state index is 0.0402. The zero-order valence-corrected chi connectivity index (χ0v) is 12.8. The Hall–Kier alpha value is -1.26. The molecule has 0 aliphatic carbocycles. The van der Waals surface area contributed by atoms with Gasteiger partial charge in [-0.05, 0) is 39.0 Å². The topological polar surface area (TPSA) is 60.9 Å². The van der Waals surface area contributed by atoms with E-state index in [0.29, 0.717) is 32.0 Å². The van der Waals surface area contributed by atoms with Gasteiger partial charge in [0.05, 0.1) is 5.41 Å². The molecule has 1 N–H and O–H groups in total. The summed E-state index contributed by atoms with van der Waals surface area (Å²) in [5, 5.41) is 9.43. The molecule has 2 aliphatic rings. The van der Waals surface area contributed by atoms with Crippen LogP contribution in [-0.2, 0) is 4.79 Å². The number of urea groups is 1. The predicted molar refractivity (Wildman–Crippen MR) is 76.6 cm³/mol. The van der Waals surface area contributed by atoms with Crippen molar-refractivity contribution in [2.75, 3.05) is 13.1 Å². The van der Waals surface area contributed by atoms with Crippen molar-refractivity contribution in [3.05, 3.63) is 0 Å². The van der Waals surface area contributed by atoms with E-state index in [1.807, 2.05) is 11.8 Å². The lowest BCUT2D eigenvalue weighted by molar-refractivity contribution is -0.148. The number of carbonyl (C=O) groups is 2. The van der Waals surface area contributed by atoms with Crippen LogP contribution in [0.2, 0.25) is 0 Å². The first-order valence-electron chi connectivity index (χ1n) is 7.75. The van der Waals surface area contributed by atoms with Gasteiger partial charge in [0.1, 0.15) is 0 Å². The van der Waals surface area contributed by atoms with Crippen LogP contribution >= 0.6 is 0 Å². The predicted octanol–water partition coefficient (Wildman–Crippen LogP) is 2.56. The van der Waals surface area contributed by atoms with Gasteiger partial charge in [0.15, 0.2) is 0 Å². The molecular weight excluding hydrogens is 256 g/mol. The fraction of sp³-hybridized carbons (Fsp3) is 0.867. The molecule has 2 saturated heterocycles. The molecule has 2 aliphatic heterocycles. The van der Waals surface area contributed by atoms with Crippen LogP contribution in [0.1, 0.15) is 52.9 Å². The molecule has 2 fully saturated rings. The van der Waals surface area contributed by atoms with Crippen LogP contribution < -0.4 is 0 Å². The smallest absolute Gasteiger partial charge is 0.320 e. The molecule has 20 heavy (non-hydrogen) atoms. The molecule has 2 rings (SSSR count). The Morgan fingerprint density at radius 2 is 2.00 bits per heavy atom. The molecule has 5 heteroatoms. The highest BCUT2D eigenvalue weighted by molar-refractivity contribution is 5.80. The van der Waals surface area contributed by atoms with E-state index in [9.17, 15) is 14.7 Å². The number of carboxylic acids is 1. The molecule has 114 valence electrons. The average molecular weight is 282 g/mol. The van der Waals surface area contributed by atoms with E-state index in [4.69, 9.17) is 0 Å². The minimum atomic E-state index is -0.767. The van der Waals surface area contributed by atoms with Gasteiger partial charge in [-0.25, -0.2) is 4.79 Å². The van der Waals surface area contributed by atoms with Gasteiger partial charge in [0.2, 0.25) is 0 Å². The van der Waals surface area contributed by atoms with Gasteiger partial charge in [-0.15, -0.1) is 0 Å². The van der Waals surface area contributed by atoms with E-state index in [2.05, 4.69) is 13.8 Å². The van der Waals surface area contributed by atoms with Crippen molar-refractivity contribution < 1.29 is 14.7 Å². The summed E-state index contributed by atoms with van der Waals surface area (Å²) < 4.78 is 0. The maximum atomic E-state index is 12.7. The zero-order valence-electron chi connectivity index (χ0n) is 12.8. The third-order valence-corrected chi connectivity index (χ3v) is 5.23. The van der Waals surface area contributed by atoms with Crippen molar-refractivity contribution in [1.82, 2.24) is 9.80 Å². The number of amides is 2. The first-order chi connectivity index (χ1) is 9.45. The Morgan fingerprint density at radius 3 is 2.50 bits per heavy atom. The summed E-state index contributed by atoms with van der Waals surface area (Å²) in [5.41, 5.74) is -0.736. The van der Waals surface area contributed by atoms with E-state index < -0.39 is 11.4 Å². The molecule has 5 nitrogen and oxygen atoms in total. The molecule has 0 saturated carbocycles. The summed E-state index contributed by atoms with van der Waals surface area (Å²) >= 11 is 0. The normalized spacial score (nSPS) is 33.8. The highest BCUT2D eigenvalue weighted by Crippen LogP contribution is 2.36. The van der Waals surface area contributed by atoms with Crippen molar-refractivity contribution in [3.8, 4) is 0 Å². The van der Waals surface area contributed by atoms with Gasteiger partial charge >= 0.3 is 12.0 Å². The van der Waals surface area contributed by atoms with Crippen LogP contribution in [0.25, 0.3) is 0 Å². The molecule has 2 amide bonds. The highest BCUT2D eigenvalue weighted by atomic mass is 16.4. The number of carbonyl (C=O) groups excluding carboxylic acids is 1. The maximum Gasteiger partial charge on any atom is 0.320 e. The molecular formula is C15H26N2O3. The first-order valence-corrected chi connectivity index (χ1v) is 7.75. The monoisotopic (exact) mass is 282 g/mol. The number of rotatable bonds is 3. The first kappa shape index (κ1) is 15.1. The Kier molecular flexibility index (Phi) is 4.25. The second-order valence-corrected chi connectivity index (χ2v) is 6.29. The van der Waals surface area contributed by atoms with E-state index in [-0.39, 0.29) is 12.1 Å². The van der Waals surface area contributed by atoms with Gasteiger partial charge in [0.25, 0.3) is 0 Å². The second kappa shape index (κ2) is 5.62. The van der Waals surface area contributed by atoms with E-state index in [1.54, 1.807) is 4.90 Å². The number of hydrogen-bond donors (Lipinski definition) is 1. The molecule has 0 radical (unpaired) electrons. The van der Waals surface area contributed by atoms with E-state index in [1.165, 1.54) is 0 Å². The molecule has 3 atom stereocenters. The maximum absolute atomic E-state index is 12.7. The molecule has 0 aromatic carbocycles. The zero-order chi connectivity index (χ0) is 14.9. The third-order valence-electron chi connectivity index (χ3n) is 5.23. The Labute approximate surface area is 120 Å². The SMILES string of the molecule is CCC1CCC(C)N1C(=O)N1CCC(CC)(C(=O)O)C1. The van der Waals surface area contributed by atoms with E-state index in [0.717, 1.165) is 19.3 Å². The average Bonchev–Trinajstić information content (AvgIpc) is 3.02. The van der Waals surface area contributed by atoms with E-state index >= 15 is 0 Å². The highest BCUT2D eigenvalue weighted by Gasteiger charge is 2.47. The Balaban J connectivity index is 2.09. The van der Waals surface area contributed by atoms with Crippen LogP contribution in [0.15, 0.2) is 0 Å². The van der Waals surface area contributed by atoms with Crippen LogP contribution in [0.4, 0.5) is 4.79 Å². The van der Waals surface area contributed by atoms with Crippen LogP contribution in [0, 0.1) is 5.41 Å². The lowest BCUT2D eigenvalue weighted by atomic mass is 9.84. The molecule has 0 spiro atoms. The van der Waals surface area contributed by atoms with Crippen molar-refractivity contribution in [2.45, 2.75) is 65.0 Å². The van der Waals surface area contributed by atoms with Crippen molar-refractivity contribution >= 4 is 12.0 Å². The lowest BCUT2D eigenvalue weighted by Crippen LogP contribution is -2.48. The number of nitrogens with zero attached hydrogens (tertiary/aromatic N) is 2. The number of carboxylic acid groups (broad SMARTS) is 1. The molecule has 3 unspecified atom stereocenters. The van der Waals surface area contributed by atoms with Gasteiger partial charge in [-0.3, -0.25) is 4.79 Å². The van der Waals surface area contributed by atoms with Crippen molar-refractivity contribution in [2.24, 2.45) is 5.41 Å². The fourth-order valence-electron chi connectivity index (χ4n) is 3.63. The van der Waals surface area contributed by atoms with Gasteiger partial charge < -0.3 is 14.9 Å². The summed E-state index contributed by atoms with van der Waals surface area (Å²) in [5.74, 6) is -0.767. The van der Waals surface area contributed by atoms with Crippen molar-refractivity contribution in [3.63, 3.8) is 0 Å². The largest absolute Gasteiger partial charge is 0.481 e. The summed E-state index contributed by atoms with van der Waals surface area (Å²) in [6.07, 6.45) is 4.25. The summed E-state index contributed by atoms with van der Waals surface area (Å²) in [4.78, 5) is 27.9. The summed E-state index contributed by atoms with van der Waals surface area (Å²) in [6.45, 7) is 7.03. The Bertz CT molecular complexity index is 399. The van der Waals surface area contributed by atoms with Gasteiger partial charge in [0, 0.05) is 25.2 Å². The quantitative estimate of drug-likeness (QED) is 0.865. The number of aliphatic carboxylic acids is 1. The standard InChI is InChI=1S/C15H26N2O3/c1-4-12-7-6-11(3)17(12)14(20)16-9-8-15(5-2,10-16)13(18)19/h11-12H,4-10H2,1-3H3,(H,18,19).